The highest BCUT2D eigenvalue weighted by molar-refractivity contribution is 8.13. The van der Waals surface area contributed by atoms with Gasteiger partial charge in [-0.2, -0.15) is 0 Å². The Hall–Kier alpha value is -1.26. The van der Waals surface area contributed by atoms with Gasteiger partial charge in [-0.3, -0.25) is 0 Å². The van der Waals surface area contributed by atoms with Gasteiger partial charge in [0, 0.05) is 10.7 Å². The fraction of sp³-hybridized carbons (Fsp3) is 0. The van der Waals surface area contributed by atoms with Gasteiger partial charge in [-0.25, -0.2) is 8.42 Å². The molecule has 0 spiro atoms. The molecule has 0 heterocycles. The van der Waals surface area contributed by atoms with E-state index in [2.05, 4.69) is 0 Å². The van der Waals surface area contributed by atoms with Crippen LogP contribution in [0.3, 0.4) is 0 Å². The average Bonchev–Trinajstić information content (AvgIpc) is 2.29. The average molecular weight is 265 g/mol. The largest absolute Gasteiger partial charge is 0.261 e. The van der Waals surface area contributed by atoms with Crippen molar-refractivity contribution in [3.05, 3.63) is 48.5 Å². The molecule has 86 valence electrons. The van der Waals surface area contributed by atoms with Crippen molar-refractivity contribution in [3.63, 3.8) is 0 Å². The monoisotopic (exact) mass is 264 g/mol. The van der Waals surface area contributed by atoms with Crippen molar-refractivity contribution in [2.24, 2.45) is 0 Å². The van der Waals surface area contributed by atoms with Gasteiger partial charge in [0.15, 0.2) is 0 Å². The Morgan fingerprint density at radius 3 is 1.65 bits per heavy atom. The van der Waals surface area contributed by atoms with Gasteiger partial charge in [0.05, 0.1) is 4.90 Å². The third kappa shape index (κ3) is 2.90. The zero-order valence-corrected chi connectivity index (χ0v) is 10.8. The minimum absolute atomic E-state index is 0.120. The molecule has 0 bridgehead atoms. The predicted molar refractivity (Wildman–Crippen MR) is 73.1 cm³/mol. The van der Waals surface area contributed by atoms with Crippen molar-refractivity contribution in [1.82, 2.24) is 0 Å². The molecule has 0 aliphatic heterocycles. The van der Waals surface area contributed by atoms with E-state index in [1.54, 1.807) is 12.1 Å². The first-order valence-electron chi connectivity index (χ1n) is 5.08. The summed E-state index contributed by atoms with van der Waals surface area (Å²) in [7, 11) is 3.63. The first kappa shape index (κ1) is 12.2. The van der Waals surface area contributed by atoms with Crippen LogP contribution in [0, 0.1) is 0 Å². The van der Waals surface area contributed by atoms with Gasteiger partial charge in [0.2, 0.25) is 0 Å². The number of hydrogen-bond acceptors (Lipinski definition) is 2. The molecule has 0 fully saturated rings. The Kier molecular flexibility index (Phi) is 3.27. The number of hydrogen-bond donors (Lipinski definition) is 0. The summed E-state index contributed by atoms with van der Waals surface area (Å²) in [5.74, 6) is 0. The molecule has 2 aromatic carbocycles. The Bertz CT molecular complexity index is 619. The van der Waals surface area contributed by atoms with Crippen molar-refractivity contribution in [2.45, 2.75) is 4.90 Å². The second kappa shape index (κ2) is 4.55. The molecule has 5 heteroatoms. The van der Waals surface area contributed by atoms with Crippen molar-refractivity contribution in [1.29, 1.82) is 0 Å². The second-order valence-corrected chi connectivity index (χ2v) is 6.39. The maximum Gasteiger partial charge on any atom is 0.261 e. The summed E-state index contributed by atoms with van der Waals surface area (Å²) in [6, 6.07) is 14.6. The second-order valence-electron chi connectivity index (χ2n) is 3.83. The van der Waals surface area contributed by atoms with Crippen LogP contribution >= 0.6 is 10.7 Å². The van der Waals surface area contributed by atoms with E-state index in [1.165, 1.54) is 17.6 Å². The fourth-order valence-electron chi connectivity index (χ4n) is 1.56. The van der Waals surface area contributed by atoms with Crippen molar-refractivity contribution >= 4 is 33.0 Å². The Morgan fingerprint density at radius 2 is 1.24 bits per heavy atom. The minimum atomic E-state index is -3.64. The standard InChI is InChI=1S/C12H10BClO2S/c13-11-5-1-9(2-6-11)10-3-7-12(8-4-10)17(14,15)16/h1-8H,13H2. The van der Waals surface area contributed by atoms with E-state index >= 15 is 0 Å². The van der Waals surface area contributed by atoms with Gasteiger partial charge in [0.25, 0.3) is 9.05 Å². The summed E-state index contributed by atoms with van der Waals surface area (Å²) in [5.41, 5.74) is 3.21. The van der Waals surface area contributed by atoms with Gasteiger partial charge in [-0.1, -0.05) is 41.9 Å². The zero-order chi connectivity index (χ0) is 12.5. The Balaban J connectivity index is 2.39. The molecule has 0 radical (unpaired) electrons. The normalized spacial score (nSPS) is 11.4. The van der Waals surface area contributed by atoms with E-state index in [0.717, 1.165) is 11.1 Å². The first-order valence-corrected chi connectivity index (χ1v) is 7.39. The Morgan fingerprint density at radius 1 is 0.824 bits per heavy atom. The van der Waals surface area contributed by atoms with E-state index in [-0.39, 0.29) is 4.90 Å². The van der Waals surface area contributed by atoms with E-state index in [4.69, 9.17) is 10.7 Å². The topological polar surface area (TPSA) is 34.1 Å². The molecule has 0 unspecified atom stereocenters. The third-order valence-corrected chi connectivity index (χ3v) is 3.89. The molecule has 0 saturated heterocycles. The maximum atomic E-state index is 11.1. The van der Waals surface area contributed by atoms with Gasteiger partial charge < -0.3 is 0 Å². The lowest BCUT2D eigenvalue weighted by atomic mass is 9.94. The molecular weight excluding hydrogens is 254 g/mol. The van der Waals surface area contributed by atoms with Crippen LogP contribution in [-0.4, -0.2) is 16.3 Å². The van der Waals surface area contributed by atoms with E-state index < -0.39 is 9.05 Å². The zero-order valence-electron chi connectivity index (χ0n) is 9.22. The van der Waals surface area contributed by atoms with E-state index in [1.807, 2.05) is 32.1 Å². The van der Waals surface area contributed by atoms with Crippen LogP contribution in [0.4, 0.5) is 0 Å². The predicted octanol–water partition coefficient (Wildman–Crippen LogP) is 1.54. The van der Waals surface area contributed by atoms with Crippen LogP contribution in [0.2, 0.25) is 0 Å². The van der Waals surface area contributed by atoms with Crippen LogP contribution in [-0.2, 0) is 9.05 Å². The van der Waals surface area contributed by atoms with Crippen LogP contribution < -0.4 is 5.46 Å². The van der Waals surface area contributed by atoms with E-state index in [9.17, 15) is 8.42 Å². The van der Waals surface area contributed by atoms with Crippen LogP contribution in [0.15, 0.2) is 53.4 Å². The Labute approximate surface area is 106 Å². The molecule has 2 nitrogen and oxygen atoms in total. The summed E-state index contributed by atoms with van der Waals surface area (Å²) in [6.45, 7) is 0. The smallest absolute Gasteiger partial charge is 0.207 e. The van der Waals surface area contributed by atoms with Gasteiger partial charge in [-0.15, -0.1) is 0 Å². The van der Waals surface area contributed by atoms with E-state index in [0.29, 0.717) is 0 Å². The highest BCUT2D eigenvalue weighted by Gasteiger charge is 2.09. The van der Waals surface area contributed by atoms with Gasteiger partial charge in [0.1, 0.15) is 7.85 Å². The van der Waals surface area contributed by atoms with Crippen molar-refractivity contribution in [2.75, 3.05) is 0 Å². The molecule has 2 aromatic rings. The van der Waals surface area contributed by atoms with Gasteiger partial charge in [-0.05, 0) is 23.3 Å². The summed E-state index contributed by atoms with van der Waals surface area (Å²) < 4.78 is 22.2. The molecular formula is C12H10BClO2S. The molecule has 0 saturated carbocycles. The highest BCUT2D eigenvalue weighted by atomic mass is 35.7. The molecule has 0 N–H and O–H groups in total. The molecule has 0 aliphatic carbocycles. The summed E-state index contributed by atoms with van der Waals surface area (Å²) >= 11 is 0. The molecule has 2 rings (SSSR count). The minimum Gasteiger partial charge on any atom is -0.207 e. The van der Waals surface area contributed by atoms with Crippen molar-refractivity contribution in [3.8, 4) is 11.1 Å². The van der Waals surface area contributed by atoms with Crippen LogP contribution in [0.5, 0.6) is 0 Å². The lowest BCUT2D eigenvalue weighted by molar-refractivity contribution is 0.609. The maximum absolute atomic E-state index is 11.1. The summed E-state index contributed by atoms with van der Waals surface area (Å²) in [4.78, 5) is 0.120. The lowest BCUT2D eigenvalue weighted by Gasteiger charge is -2.03. The van der Waals surface area contributed by atoms with Gasteiger partial charge >= 0.3 is 0 Å². The summed E-state index contributed by atoms with van der Waals surface area (Å²) in [6.07, 6.45) is 0. The molecule has 0 aliphatic rings. The number of rotatable bonds is 2. The SMILES string of the molecule is Bc1ccc(-c2ccc(S(=O)(=O)Cl)cc2)cc1. The number of benzene rings is 2. The molecule has 0 amide bonds. The summed E-state index contributed by atoms with van der Waals surface area (Å²) in [5, 5.41) is 0. The third-order valence-electron chi connectivity index (χ3n) is 2.52. The van der Waals surface area contributed by atoms with Crippen LogP contribution in [0.1, 0.15) is 0 Å². The molecule has 0 aromatic heterocycles. The number of halogens is 1. The first-order chi connectivity index (χ1) is 7.97. The molecule has 17 heavy (non-hydrogen) atoms. The fourth-order valence-corrected chi connectivity index (χ4v) is 2.33. The quantitative estimate of drug-likeness (QED) is 0.609. The highest BCUT2D eigenvalue weighted by Crippen LogP contribution is 2.22. The lowest BCUT2D eigenvalue weighted by Crippen LogP contribution is -1.99. The van der Waals surface area contributed by atoms with Crippen LogP contribution in [0.25, 0.3) is 11.1 Å². The van der Waals surface area contributed by atoms with Crippen molar-refractivity contribution < 1.29 is 8.42 Å². The molecule has 0 atom stereocenters.